The van der Waals surface area contributed by atoms with E-state index in [-0.39, 0.29) is 16.9 Å². The van der Waals surface area contributed by atoms with Gasteiger partial charge in [-0.1, -0.05) is 0 Å². The van der Waals surface area contributed by atoms with E-state index in [1.165, 1.54) is 22.4 Å². The molecule has 2 N–H and O–H groups in total. The molecule has 0 spiro atoms. The molecule has 0 aromatic carbocycles. The maximum absolute atomic E-state index is 13.9. The Hall–Kier alpha value is -1.64. The molecule has 1 saturated heterocycles. The summed E-state index contributed by atoms with van der Waals surface area (Å²) in [6.45, 7) is 3.19. The van der Waals surface area contributed by atoms with Gasteiger partial charge in [0.1, 0.15) is 0 Å². The van der Waals surface area contributed by atoms with Gasteiger partial charge in [0.25, 0.3) is 0 Å². The summed E-state index contributed by atoms with van der Waals surface area (Å²) in [5, 5.41) is 9.04. The lowest BCUT2D eigenvalue weighted by atomic mass is 10.0. The van der Waals surface area contributed by atoms with Gasteiger partial charge in [-0.15, -0.1) is 0 Å². The Bertz CT molecular complexity index is 684. The molecule has 0 radical (unpaired) electrons. The average molecular weight is 297 g/mol. The minimum atomic E-state index is -1.15. The summed E-state index contributed by atoms with van der Waals surface area (Å²) >= 11 is 1.24. The van der Waals surface area contributed by atoms with Crippen LogP contribution in [0.2, 0.25) is 0 Å². The van der Waals surface area contributed by atoms with Crippen molar-refractivity contribution >= 4 is 23.6 Å². The molecular weight excluding hydrogens is 285 g/mol. The molecule has 0 unspecified atom stereocenters. The number of pyridine rings is 1. The number of carboxylic acid groups (broad SMARTS) is 1. The lowest BCUT2D eigenvalue weighted by molar-refractivity contribution is -0.0510. The molecule has 1 fully saturated rings. The van der Waals surface area contributed by atoms with Gasteiger partial charge in [0.2, 0.25) is 0 Å². The van der Waals surface area contributed by atoms with Gasteiger partial charge in [-0.25, -0.2) is 18.9 Å². The van der Waals surface area contributed by atoms with Crippen molar-refractivity contribution in [3.05, 3.63) is 30.0 Å². The second kappa shape index (κ2) is 4.72. The van der Waals surface area contributed by atoms with Crippen LogP contribution in [0, 0.1) is 5.82 Å². The number of rotatable bonds is 4. The van der Waals surface area contributed by atoms with Crippen molar-refractivity contribution in [3.63, 3.8) is 0 Å². The minimum absolute atomic E-state index is 0.00457. The summed E-state index contributed by atoms with van der Waals surface area (Å²) < 4.78 is 23.4. The molecule has 2 aromatic rings. The summed E-state index contributed by atoms with van der Waals surface area (Å²) in [6, 6.07) is 1.33. The summed E-state index contributed by atoms with van der Waals surface area (Å²) in [7, 11) is 0. The first-order valence-corrected chi connectivity index (χ1v) is 6.72. The number of nitrogens with zero attached hydrogens (tertiary/aromatic N) is 2. The Morgan fingerprint density at radius 1 is 1.65 bits per heavy atom. The molecule has 6 nitrogen and oxygen atoms in total. The number of imidazole rings is 1. The van der Waals surface area contributed by atoms with Gasteiger partial charge < -0.3 is 9.84 Å². The molecule has 106 valence electrons. The summed E-state index contributed by atoms with van der Waals surface area (Å²) in [5.41, 5.74) is -0.204. The molecule has 8 heteroatoms. The molecule has 0 atom stereocenters. The molecule has 3 rings (SSSR count). The van der Waals surface area contributed by atoms with Crippen molar-refractivity contribution in [2.75, 3.05) is 13.2 Å². The molecular formula is C12H12FN3O3S. The van der Waals surface area contributed by atoms with E-state index >= 15 is 0 Å². The largest absolute Gasteiger partial charge is 0.477 e. The van der Waals surface area contributed by atoms with Crippen molar-refractivity contribution in [1.29, 1.82) is 0 Å². The van der Waals surface area contributed by atoms with Crippen LogP contribution in [0.1, 0.15) is 17.4 Å². The fourth-order valence-corrected chi connectivity index (χ4v) is 2.69. The van der Waals surface area contributed by atoms with Crippen molar-refractivity contribution < 1.29 is 19.0 Å². The summed E-state index contributed by atoms with van der Waals surface area (Å²) in [4.78, 5) is 15.4. The van der Waals surface area contributed by atoms with Crippen molar-refractivity contribution in [1.82, 2.24) is 14.1 Å². The van der Waals surface area contributed by atoms with Crippen LogP contribution < -0.4 is 4.72 Å². The molecule has 3 heterocycles. The first-order chi connectivity index (χ1) is 9.48. The Labute approximate surface area is 118 Å². The summed E-state index contributed by atoms with van der Waals surface area (Å²) in [6.07, 6.45) is 2.69. The number of aromatic nitrogens is 2. The van der Waals surface area contributed by atoms with Gasteiger partial charge in [-0.05, 0) is 24.9 Å². The van der Waals surface area contributed by atoms with Crippen LogP contribution in [0.5, 0.6) is 0 Å². The van der Waals surface area contributed by atoms with Crippen LogP contribution in [0.25, 0.3) is 5.65 Å². The van der Waals surface area contributed by atoms with E-state index in [0.29, 0.717) is 18.1 Å². The third-order valence-electron chi connectivity index (χ3n) is 3.01. The maximum atomic E-state index is 13.9. The predicted molar refractivity (Wildman–Crippen MR) is 70.3 cm³/mol. The molecule has 0 saturated carbocycles. The topological polar surface area (TPSA) is 75.9 Å². The minimum Gasteiger partial charge on any atom is -0.477 e. The zero-order chi connectivity index (χ0) is 14.3. The van der Waals surface area contributed by atoms with Crippen LogP contribution in [-0.4, -0.2) is 39.2 Å². The van der Waals surface area contributed by atoms with Crippen molar-refractivity contribution in [2.45, 2.75) is 17.4 Å². The molecule has 0 bridgehead atoms. The molecule has 20 heavy (non-hydrogen) atoms. The van der Waals surface area contributed by atoms with E-state index in [4.69, 9.17) is 9.84 Å². The highest BCUT2D eigenvalue weighted by Crippen LogP contribution is 2.25. The SMILES string of the molecule is CC1(NSc2cc(F)c3ncc(C(=O)O)n3c2)COC1. The lowest BCUT2D eigenvalue weighted by Crippen LogP contribution is -2.55. The Kier molecular flexibility index (Phi) is 3.15. The normalized spacial score (nSPS) is 17.1. The maximum Gasteiger partial charge on any atom is 0.354 e. The van der Waals surface area contributed by atoms with E-state index in [2.05, 4.69) is 9.71 Å². The third-order valence-corrected chi connectivity index (χ3v) is 4.07. The number of hydrogen-bond acceptors (Lipinski definition) is 5. The Morgan fingerprint density at radius 3 is 3.00 bits per heavy atom. The van der Waals surface area contributed by atoms with Gasteiger partial charge in [0.05, 0.1) is 24.9 Å². The number of fused-ring (bicyclic) bond motifs is 1. The fraction of sp³-hybridized carbons (Fsp3) is 0.333. The standard InChI is InChI=1S/C12H12FN3O3S/c1-12(5-19-6-12)15-20-7-2-8(13)10-14-3-9(11(17)18)16(10)4-7/h2-4,15H,5-6H2,1H3,(H,17,18). The first kappa shape index (κ1) is 13.3. The zero-order valence-electron chi connectivity index (χ0n) is 10.6. The monoisotopic (exact) mass is 297 g/mol. The number of aromatic carboxylic acids is 1. The number of hydrogen-bond donors (Lipinski definition) is 2. The number of carboxylic acids is 1. The van der Waals surface area contributed by atoms with Crippen molar-refractivity contribution in [2.24, 2.45) is 0 Å². The number of carbonyl (C=O) groups is 1. The smallest absolute Gasteiger partial charge is 0.354 e. The van der Waals surface area contributed by atoms with E-state index in [9.17, 15) is 9.18 Å². The van der Waals surface area contributed by atoms with Crippen LogP contribution in [0.3, 0.4) is 0 Å². The predicted octanol–water partition coefficient (Wildman–Crippen LogP) is 1.56. The van der Waals surface area contributed by atoms with E-state index < -0.39 is 11.8 Å². The average Bonchev–Trinajstić information content (AvgIpc) is 2.78. The fourth-order valence-electron chi connectivity index (χ4n) is 1.89. The highest BCUT2D eigenvalue weighted by molar-refractivity contribution is 7.97. The van der Waals surface area contributed by atoms with Crippen LogP contribution in [0.4, 0.5) is 4.39 Å². The molecule has 0 amide bonds. The van der Waals surface area contributed by atoms with Crippen molar-refractivity contribution in [3.8, 4) is 0 Å². The van der Waals surface area contributed by atoms with Gasteiger partial charge in [-0.3, -0.25) is 4.40 Å². The van der Waals surface area contributed by atoms with Crippen LogP contribution in [0.15, 0.2) is 23.4 Å². The molecule has 0 aliphatic carbocycles. The van der Waals surface area contributed by atoms with Gasteiger partial charge in [-0.2, -0.15) is 0 Å². The second-order valence-corrected chi connectivity index (χ2v) is 5.80. The number of nitrogens with one attached hydrogen (secondary N) is 1. The second-order valence-electron chi connectivity index (χ2n) is 4.92. The highest BCUT2D eigenvalue weighted by Gasteiger charge is 2.33. The molecule has 1 aliphatic heterocycles. The van der Waals surface area contributed by atoms with Crippen LogP contribution in [-0.2, 0) is 4.74 Å². The number of halogens is 1. The summed E-state index contributed by atoms with van der Waals surface area (Å²) in [5.74, 6) is -1.70. The Morgan fingerprint density at radius 2 is 2.40 bits per heavy atom. The lowest BCUT2D eigenvalue weighted by Gasteiger charge is -2.38. The Balaban J connectivity index is 1.91. The first-order valence-electron chi connectivity index (χ1n) is 5.90. The van der Waals surface area contributed by atoms with E-state index in [1.54, 1.807) is 6.20 Å². The van der Waals surface area contributed by atoms with E-state index in [1.807, 2.05) is 6.92 Å². The molecule has 1 aliphatic rings. The zero-order valence-corrected chi connectivity index (χ0v) is 11.4. The van der Waals surface area contributed by atoms with Gasteiger partial charge in [0.15, 0.2) is 17.2 Å². The third kappa shape index (κ3) is 2.26. The van der Waals surface area contributed by atoms with Gasteiger partial charge >= 0.3 is 5.97 Å². The highest BCUT2D eigenvalue weighted by atomic mass is 32.2. The van der Waals surface area contributed by atoms with Gasteiger partial charge in [0, 0.05) is 11.1 Å². The quantitative estimate of drug-likeness (QED) is 0.834. The number of ether oxygens (including phenoxy) is 1. The van der Waals surface area contributed by atoms with Crippen LogP contribution >= 0.6 is 11.9 Å². The van der Waals surface area contributed by atoms with E-state index in [0.717, 1.165) is 6.20 Å². The molecule has 2 aromatic heterocycles.